The number of hydrogen-bond acceptors (Lipinski definition) is 1. The number of rotatable bonds is 3. The summed E-state index contributed by atoms with van der Waals surface area (Å²) in [6.45, 7) is 0.369. The lowest BCUT2D eigenvalue weighted by molar-refractivity contribution is 0.588. The molecule has 0 unspecified atom stereocenters. The van der Waals surface area contributed by atoms with Crippen molar-refractivity contribution in [2.24, 2.45) is 0 Å². The Kier molecular flexibility index (Phi) is 3.27. The van der Waals surface area contributed by atoms with Crippen molar-refractivity contribution in [3.8, 4) is 12.3 Å². The molecule has 1 N–H and O–H groups in total. The number of anilines is 1. The maximum Gasteiger partial charge on any atom is 0.149 e. The molecule has 13 heavy (non-hydrogen) atoms. The Balaban J connectivity index is 2.71. The highest BCUT2D eigenvalue weighted by atomic mass is 19.1. The molecule has 0 amide bonds. The van der Waals surface area contributed by atoms with Crippen LogP contribution in [0.1, 0.15) is 6.42 Å². The van der Waals surface area contributed by atoms with Crippen LogP contribution >= 0.6 is 0 Å². The van der Waals surface area contributed by atoms with Gasteiger partial charge >= 0.3 is 0 Å². The van der Waals surface area contributed by atoms with Crippen molar-refractivity contribution in [3.05, 3.63) is 29.8 Å². The minimum Gasteiger partial charge on any atom is -0.379 e. The van der Waals surface area contributed by atoms with Crippen molar-refractivity contribution < 1.29 is 8.78 Å². The first kappa shape index (κ1) is 9.53. The van der Waals surface area contributed by atoms with Crippen LogP contribution in [0.15, 0.2) is 18.2 Å². The van der Waals surface area contributed by atoms with Crippen LogP contribution in [0.25, 0.3) is 0 Å². The first-order valence-corrected chi connectivity index (χ1v) is 3.87. The van der Waals surface area contributed by atoms with Gasteiger partial charge in [0.15, 0.2) is 0 Å². The van der Waals surface area contributed by atoms with Gasteiger partial charge in [0.1, 0.15) is 17.3 Å². The van der Waals surface area contributed by atoms with Gasteiger partial charge in [0, 0.05) is 13.0 Å². The normalized spacial score (nSPS) is 9.31. The van der Waals surface area contributed by atoms with Gasteiger partial charge in [-0.15, -0.1) is 12.3 Å². The molecule has 1 aromatic rings. The zero-order chi connectivity index (χ0) is 9.68. The topological polar surface area (TPSA) is 12.0 Å². The van der Waals surface area contributed by atoms with E-state index in [4.69, 9.17) is 6.42 Å². The average Bonchev–Trinajstić information content (AvgIpc) is 2.10. The fourth-order valence-electron chi connectivity index (χ4n) is 0.926. The van der Waals surface area contributed by atoms with E-state index in [1.807, 2.05) is 0 Å². The molecule has 0 bridgehead atoms. The largest absolute Gasteiger partial charge is 0.379 e. The van der Waals surface area contributed by atoms with Crippen LogP contribution in [0.2, 0.25) is 0 Å². The van der Waals surface area contributed by atoms with E-state index in [0.29, 0.717) is 13.0 Å². The summed E-state index contributed by atoms with van der Waals surface area (Å²) >= 11 is 0. The molecule has 0 spiro atoms. The number of halogens is 2. The van der Waals surface area contributed by atoms with E-state index < -0.39 is 11.6 Å². The highest BCUT2D eigenvalue weighted by molar-refractivity contribution is 5.45. The lowest BCUT2D eigenvalue weighted by Gasteiger charge is -2.05. The van der Waals surface area contributed by atoms with Crippen molar-refractivity contribution in [2.75, 3.05) is 11.9 Å². The second kappa shape index (κ2) is 4.46. The third-order valence-corrected chi connectivity index (χ3v) is 1.53. The first-order chi connectivity index (χ1) is 6.25. The molecule has 68 valence electrons. The van der Waals surface area contributed by atoms with Crippen molar-refractivity contribution in [2.45, 2.75) is 6.42 Å². The second-order valence-corrected chi connectivity index (χ2v) is 2.48. The lowest BCUT2D eigenvalue weighted by atomic mass is 10.3. The highest BCUT2D eigenvalue weighted by Crippen LogP contribution is 2.17. The van der Waals surface area contributed by atoms with Gasteiger partial charge in [-0.1, -0.05) is 6.07 Å². The fraction of sp³-hybridized carbons (Fsp3) is 0.200. The van der Waals surface area contributed by atoms with Crippen molar-refractivity contribution in [3.63, 3.8) is 0 Å². The second-order valence-electron chi connectivity index (χ2n) is 2.48. The Morgan fingerprint density at radius 2 is 1.92 bits per heavy atom. The molecule has 0 saturated carbocycles. The van der Waals surface area contributed by atoms with Gasteiger partial charge < -0.3 is 5.32 Å². The summed E-state index contributed by atoms with van der Waals surface area (Å²) in [7, 11) is 0. The molecule has 1 aromatic carbocycles. The molecule has 0 saturated heterocycles. The summed E-state index contributed by atoms with van der Waals surface area (Å²) in [5.74, 6) is 1.17. The van der Waals surface area contributed by atoms with Crippen LogP contribution in [-0.2, 0) is 0 Å². The van der Waals surface area contributed by atoms with Crippen LogP contribution in [0.3, 0.4) is 0 Å². The van der Waals surface area contributed by atoms with E-state index in [-0.39, 0.29) is 5.69 Å². The number of hydrogen-bond donors (Lipinski definition) is 1. The van der Waals surface area contributed by atoms with Crippen molar-refractivity contribution >= 4 is 5.69 Å². The van der Waals surface area contributed by atoms with E-state index in [1.54, 1.807) is 0 Å². The molecule has 0 aliphatic rings. The zero-order valence-electron chi connectivity index (χ0n) is 6.98. The Morgan fingerprint density at radius 3 is 2.46 bits per heavy atom. The molecule has 0 heterocycles. The van der Waals surface area contributed by atoms with E-state index in [1.165, 1.54) is 18.2 Å². The molecule has 1 nitrogen and oxygen atoms in total. The maximum atomic E-state index is 12.9. The van der Waals surface area contributed by atoms with E-state index in [0.717, 1.165) is 0 Å². The molecule has 0 aliphatic carbocycles. The van der Waals surface area contributed by atoms with Gasteiger partial charge in [0.05, 0.1) is 0 Å². The third kappa shape index (κ3) is 2.45. The predicted molar refractivity (Wildman–Crippen MR) is 48.3 cm³/mol. The molecular formula is C10H9F2N. The summed E-state index contributed by atoms with van der Waals surface area (Å²) in [6.07, 6.45) is 5.43. The summed E-state index contributed by atoms with van der Waals surface area (Å²) in [5, 5.41) is 2.59. The van der Waals surface area contributed by atoms with E-state index in [2.05, 4.69) is 11.2 Å². The molecular weight excluding hydrogens is 172 g/mol. The van der Waals surface area contributed by atoms with Gasteiger partial charge in [0.25, 0.3) is 0 Å². The third-order valence-electron chi connectivity index (χ3n) is 1.53. The Labute approximate surface area is 75.8 Å². The molecule has 0 radical (unpaired) electrons. The molecule has 0 aromatic heterocycles. The SMILES string of the molecule is C#CCCNc1c(F)cccc1F. The fourth-order valence-corrected chi connectivity index (χ4v) is 0.926. The van der Waals surface area contributed by atoms with Crippen LogP contribution in [0.5, 0.6) is 0 Å². The van der Waals surface area contributed by atoms with Crippen molar-refractivity contribution in [1.82, 2.24) is 0 Å². The molecule has 1 rings (SSSR count). The summed E-state index contributed by atoms with van der Waals surface area (Å²) in [5.41, 5.74) is -0.113. The first-order valence-electron chi connectivity index (χ1n) is 3.87. The predicted octanol–water partition coefficient (Wildman–Crippen LogP) is 2.40. The van der Waals surface area contributed by atoms with Gasteiger partial charge in [-0.2, -0.15) is 0 Å². The smallest absolute Gasteiger partial charge is 0.149 e. The average molecular weight is 181 g/mol. The summed E-state index contributed by atoms with van der Waals surface area (Å²) in [4.78, 5) is 0. The molecule has 0 atom stereocenters. The molecule has 0 aliphatic heterocycles. The minimum absolute atomic E-state index is 0.113. The van der Waals surface area contributed by atoms with Crippen LogP contribution < -0.4 is 5.32 Å². The maximum absolute atomic E-state index is 12.9. The number of terminal acetylenes is 1. The zero-order valence-corrected chi connectivity index (χ0v) is 6.98. The van der Waals surface area contributed by atoms with E-state index in [9.17, 15) is 8.78 Å². The van der Waals surface area contributed by atoms with Crippen LogP contribution in [-0.4, -0.2) is 6.54 Å². The van der Waals surface area contributed by atoms with E-state index >= 15 is 0 Å². The standard InChI is InChI=1S/C10H9F2N/c1-2-3-7-13-10-8(11)5-4-6-9(10)12/h1,4-6,13H,3,7H2. The lowest BCUT2D eigenvalue weighted by Crippen LogP contribution is -2.04. The van der Waals surface area contributed by atoms with Gasteiger partial charge in [-0.05, 0) is 12.1 Å². The monoisotopic (exact) mass is 181 g/mol. The van der Waals surface area contributed by atoms with Gasteiger partial charge in [-0.3, -0.25) is 0 Å². The molecule has 3 heteroatoms. The Hall–Kier alpha value is -1.56. The van der Waals surface area contributed by atoms with Crippen molar-refractivity contribution in [1.29, 1.82) is 0 Å². The highest BCUT2D eigenvalue weighted by Gasteiger charge is 2.05. The number of para-hydroxylation sites is 1. The van der Waals surface area contributed by atoms with Gasteiger partial charge in [-0.25, -0.2) is 8.78 Å². The quantitative estimate of drug-likeness (QED) is 0.557. The van der Waals surface area contributed by atoms with Crippen LogP contribution in [0.4, 0.5) is 14.5 Å². The molecule has 0 fully saturated rings. The Bertz CT molecular complexity index is 308. The number of benzene rings is 1. The van der Waals surface area contributed by atoms with Gasteiger partial charge in [0.2, 0.25) is 0 Å². The Morgan fingerprint density at radius 1 is 1.31 bits per heavy atom. The minimum atomic E-state index is -0.600. The summed E-state index contributed by atoms with van der Waals surface area (Å²) < 4.78 is 25.8. The summed E-state index contributed by atoms with van der Waals surface area (Å²) in [6, 6.07) is 3.71. The van der Waals surface area contributed by atoms with Crippen LogP contribution in [0, 0.1) is 24.0 Å². The number of nitrogens with one attached hydrogen (secondary N) is 1.